The third kappa shape index (κ3) is 1.59. The highest BCUT2D eigenvalue weighted by atomic mass is 16.6. The van der Waals surface area contributed by atoms with Gasteiger partial charge in [0.25, 0.3) is 0 Å². The van der Waals surface area contributed by atoms with Gasteiger partial charge in [-0.2, -0.15) is 0 Å². The molecule has 20 heavy (non-hydrogen) atoms. The lowest BCUT2D eigenvalue weighted by Gasteiger charge is -2.55. The van der Waals surface area contributed by atoms with Gasteiger partial charge in [-0.3, -0.25) is 15.0 Å². The summed E-state index contributed by atoms with van der Waals surface area (Å²) in [6.07, 6.45) is -0.154. The van der Waals surface area contributed by atoms with E-state index in [0.717, 1.165) is 0 Å². The van der Waals surface area contributed by atoms with Crippen LogP contribution in [-0.2, 0) is 9.53 Å². The van der Waals surface area contributed by atoms with Crippen molar-refractivity contribution in [1.82, 2.24) is 15.5 Å². The molecule has 3 rings (SSSR count). The van der Waals surface area contributed by atoms with Crippen LogP contribution in [-0.4, -0.2) is 58.0 Å². The van der Waals surface area contributed by atoms with Crippen molar-refractivity contribution in [2.75, 3.05) is 13.1 Å². The predicted octanol–water partition coefficient (Wildman–Crippen LogP) is -0.454. The number of β-lactam (4-membered cyclic amide) rings is 1. The molecule has 7 heteroatoms. The van der Waals surface area contributed by atoms with E-state index in [4.69, 9.17) is 4.74 Å². The molecule has 3 fully saturated rings. The summed E-state index contributed by atoms with van der Waals surface area (Å²) in [5, 5.41) is 15.6. The Labute approximate surface area is 117 Å². The number of amides is 2. The van der Waals surface area contributed by atoms with Gasteiger partial charge in [-0.1, -0.05) is 0 Å². The van der Waals surface area contributed by atoms with E-state index in [-0.39, 0.29) is 5.91 Å². The average molecular weight is 283 g/mol. The van der Waals surface area contributed by atoms with Crippen molar-refractivity contribution in [3.8, 4) is 0 Å². The number of carbonyl (C=O) groups is 2. The summed E-state index contributed by atoms with van der Waals surface area (Å²) in [5.41, 5.74) is -2.18. The molecule has 0 aromatic rings. The fraction of sp³-hybridized carbons (Fsp3) is 0.846. The van der Waals surface area contributed by atoms with E-state index in [2.05, 4.69) is 10.6 Å². The van der Waals surface area contributed by atoms with E-state index in [9.17, 15) is 14.7 Å². The quantitative estimate of drug-likeness (QED) is 0.524. The number of aliphatic hydroxyl groups excluding tert-OH is 1. The minimum absolute atomic E-state index is 0.153. The van der Waals surface area contributed by atoms with Gasteiger partial charge in [0, 0.05) is 6.54 Å². The second-order valence-electron chi connectivity index (χ2n) is 6.92. The first kappa shape index (κ1) is 13.6. The van der Waals surface area contributed by atoms with Gasteiger partial charge in [-0.05, 0) is 33.6 Å². The highest BCUT2D eigenvalue weighted by molar-refractivity contribution is 5.96. The molecule has 0 bridgehead atoms. The number of carbonyl (C=O) groups excluding carboxylic acids is 2. The van der Waals surface area contributed by atoms with Crippen molar-refractivity contribution in [3.63, 3.8) is 0 Å². The zero-order valence-corrected chi connectivity index (χ0v) is 12.0. The normalized spacial score (nSPS) is 39.5. The number of hydrogen-bond donors (Lipinski definition) is 3. The molecule has 7 nitrogen and oxygen atoms in total. The molecular formula is C13H21N3O4. The molecule has 3 saturated heterocycles. The maximum absolute atomic E-state index is 12.6. The number of rotatable bonds is 0. The molecule has 112 valence electrons. The summed E-state index contributed by atoms with van der Waals surface area (Å²) in [7, 11) is 0. The summed E-state index contributed by atoms with van der Waals surface area (Å²) in [6.45, 7) is 6.28. The number of aliphatic hydroxyl groups is 1. The summed E-state index contributed by atoms with van der Waals surface area (Å²) in [6, 6.07) is 0. The van der Waals surface area contributed by atoms with Crippen LogP contribution in [0, 0.1) is 0 Å². The first-order chi connectivity index (χ1) is 9.21. The van der Waals surface area contributed by atoms with E-state index in [1.807, 2.05) is 0 Å². The zero-order chi connectivity index (χ0) is 14.8. The lowest BCUT2D eigenvalue weighted by atomic mass is 9.87. The van der Waals surface area contributed by atoms with Gasteiger partial charge in [0.05, 0.1) is 12.1 Å². The molecule has 3 aliphatic heterocycles. The summed E-state index contributed by atoms with van der Waals surface area (Å²) in [5.74, 6) is -0.153. The first-order valence-corrected chi connectivity index (χ1v) is 6.94. The Balaban J connectivity index is 1.93. The van der Waals surface area contributed by atoms with E-state index >= 15 is 0 Å². The molecule has 3 atom stereocenters. The fourth-order valence-electron chi connectivity index (χ4n) is 3.34. The zero-order valence-electron chi connectivity index (χ0n) is 12.0. The number of hydrogen-bond acceptors (Lipinski definition) is 5. The van der Waals surface area contributed by atoms with Crippen LogP contribution >= 0.6 is 0 Å². The summed E-state index contributed by atoms with van der Waals surface area (Å²) in [4.78, 5) is 26.1. The van der Waals surface area contributed by atoms with E-state index in [0.29, 0.717) is 25.9 Å². The van der Waals surface area contributed by atoms with Crippen molar-refractivity contribution < 1.29 is 19.4 Å². The first-order valence-electron chi connectivity index (χ1n) is 6.94. The molecule has 0 radical (unpaired) electrons. The SMILES string of the molecule is CC(C)(C)OC(=O)N1C2(CCC13CNC3O)CNC2=O. The maximum Gasteiger partial charge on any atom is 0.411 e. The molecule has 3 N–H and O–H groups in total. The number of nitrogens with one attached hydrogen (secondary N) is 2. The van der Waals surface area contributed by atoms with Crippen molar-refractivity contribution in [2.24, 2.45) is 0 Å². The van der Waals surface area contributed by atoms with Crippen molar-refractivity contribution in [1.29, 1.82) is 0 Å². The lowest BCUT2D eigenvalue weighted by molar-refractivity contribution is -0.155. The number of nitrogens with zero attached hydrogens (tertiary/aromatic N) is 1. The molecule has 3 heterocycles. The third-order valence-electron chi connectivity index (χ3n) is 4.50. The Morgan fingerprint density at radius 2 is 2.10 bits per heavy atom. The van der Waals surface area contributed by atoms with Crippen LogP contribution < -0.4 is 10.6 Å². The minimum Gasteiger partial charge on any atom is -0.444 e. The highest BCUT2D eigenvalue weighted by Crippen LogP contribution is 2.48. The van der Waals surface area contributed by atoms with E-state index in [1.54, 1.807) is 20.8 Å². The molecule has 3 unspecified atom stereocenters. The molecule has 2 spiro atoms. The molecule has 0 saturated carbocycles. The second kappa shape index (κ2) is 3.85. The Kier molecular flexibility index (Phi) is 2.63. The Hall–Kier alpha value is -1.34. The molecule has 0 aliphatic carbocycles. The van der Waals surface area contributed by atoms with Gasteiger partial charge in [0.2, 0.25) is 5.91 Å². The smallest absolute Gasteiger partial charge is 0.411 e. The Morgan fingerprint density at radius 1 is 1.40 bits per heavy atom. The summed E-state index contributed by atoms with van der Waals surface area (Å²) >= 11 is 0. The summed E-state index contributed by atoms with van der Waals surface area (Å²) < 4.78 is 5.45. The Bertz CT molecular complexity index is 475. The van der Waals surface area contributed by atoms with Crippen LogP contribution in [0.1, 0.15) is 33.6 Å². The van der Waals surface area contributed by atoms with Gasteiger partial charge in [0.1, 0.15) is 17.4 Å². The third-order valence-corrected chi connectivity index (χ3v) is 4.50. The minimum atomic E-state index is -0.842. The van der Waals surface area contributed by atoms with Crippen LogP contribution in [0.4, 0.5) is 4.79 Å². The van der Waals surface area contributed by atoms with Crippen molar-refractivity contribution in [3.05, 3.63) is 0 Å². The fourth-order valence-corrected chi connectivity index (χ4v) is 3.34. The Morgan fingerprint density at radius 3 is 2.45 bits per heavy atom. The van der Waals surface area contributed by atoms with Gasteiger partial charge in [0.15, 0.2) is 0 Å². The van der Waals surface area contributed by atoms with Crippen LogP contribution in [0.5, 0.6) is 0 Å². The lowest BCUT2D eigenvalue weighted by Crippen LogP contribution is -2.82. The van der Waals surface area contributed by atoms with Crippen molar-refractivity contribution >= 4 is 12.0 Å². The van der Waals surface area contributed by atoms with Gasteiger partial charge < -0.3 is 15.2 Å². The van der Waals surface area contributed by atoms with Crippen LogP contribution in [0.3, 0.4) is 0 Å². The van der Waals surface area contributed by atoms with Crippen LogP contribution in [0.15, 0.2) is 0 Å². The monoisotopic (exact) mass is 283 g/mol. The second-order valence-corrected chi connectivity index (χ2v) is 6.92. The van der Waals surface area contributed by atoms with Gasteiger partial charge >= 0.3 is 6.09 Å². The standard InChI is InChI=1S/C13H21N3O4/c1-11(2,3)20-10(19)16-12(6-14-8(12)17)4-5-13(16)7-15-9(13)18/h8,14,17H,4-7H2,1-3H3,(H,15,18). The molecule has 3 aliphatic rings. The van der Waals surface area contributed by atoms with Gasteiger partial charge in [-0.15, -0.1) is 0 Å². The van der Waals surface area contributed by atoms with Crippen molar-refractivity contribution in [2.45, 2.75) is 56.5 Å². The number of ether oxygens (including phenoxy) is 1. The topological polar surface area (TPSA) is 90.9 Å². The molecule has 2 amide bonds. The predicted molar refractivity (Wildman–Crippen MR) is 69.8 cm³/mol. The van der Waals surface area contributed by atoms with E-state index in [1.165, 1.54) is 4.90 Å². The molecule has 0 aromatic carbocycles. The highest BCUT2D eigenvalue weighted by Gasteiger charge is 2.69. The molecule has 0 aromatic heterocycles. The maximum atomic E-state index is 12.6. The number of likely N-dealkylation sites (tertiary alicyclic amines) is 1. The van der Waals surface area contributed by atoms with Gasteiger partial charge in [-0.25, -0.2) is 4.79 Å². The average Bonchev–Trinajstić information content (AvgIpc) is 2.73. The van der Waals surface area contributed by atoms with Crippen LogP contribution in [0.2, 0.25) is 0 Å². The van der Waals surface area contributed by atoms with Crippen LogP contribution in [0.25, 0.3) is 0 Å². The molecular weight excluding hydrogens is 262 g/mol. The van der Waals surface area contributed by atoms with E-state index < -0.39 is 29.0 Å². The largest absolute Gasteiger partial charge is 0.444 e.